The van der Waals surface area contributed by atoms with Crippen molar-refractivity contribution in [3.8, 4) is 0 Å². The van der Waals surface area contributed by atoms with E-state index in [0.717, 1.165) is 36.1 Å². The molecule has 1 amide bonds. The molecule has 5 nitrogen and oxygen atoms in total. The number of carbonyl (C=O) groups excluding carboxylic acids is 1. The molecule has 2 aromatic rings. The van der Waals surface area contributed by atoms with Crippen LogP contribution in [0.15, 0.2) is 41.3 Å². The topological polar surface area (TPSA) is 75.3 Å². The molecular formula is C20H24N2O3S. The van der Waals surface area contributed by atoms with E-state index in [2.05, 4.69) is 16.1 Å². The van der Waals surface area contributed by atoms with E-state index in [1.807, 2.05) is 26.0 Å². The summed E-state index contributed by atoms with van der Waals surface area (Å²) in [7, 11) is -3.61. The average Bonchev–Trinajstić information content (AvgIpc) is 3.04. The van der Waals surface area contributed by atoms with Gasteiger partial charge in [-0.1, -0.05) is 12.1 Å². The van der Waals surface area contributed by atoms with Gasteiger partial charge in [0.2, 0.25) is 15.9 Å². The summed E-state index contributed by atoms with van der Waals surface area (Å²) >= 11 is 0. The summed E-state index contributed by atoms with van der Waals surface area (Å²) in [5.74, 6) is -0.203. The fraction of sp³-hybridized carbons (Fsp3) is 0.350. The number of carbonyl (C=O) groups is 1. The van der Waals surface area contributed by atoms with Crippen molar-refractivity contribution in [1.29, 1.82) is 0 Å². The van der Waals surface area contributed by atoms with E-state index in [1.165, 1.54) is 11.1 Å². The van der Waals surface area contributed by atoms with Gasteiger partial charge < -0.3 is 5.32 Å². The van der Waals surface area contributed by atoms with Gasteiger partial charge in [0.25, 0.3) is 0 Å². The van der Waals surface area contributed by atoms with Crippen LogP contribution in [0.25, 0.3) is 0 Å². The molecule has 0 radical (unpaired) electrons. The minimum absolute atomic E-state index is 0.0615. The Labute approximate surface area is 154 Å². The zero-order chi connectivity index (χ0) is 18.7. The van der Waals surface area contributed by atoms with Crippen LogP contribution in [0.1, 0.15) is 35.1 Å². The Hall–Kier alpha value is -2.18. The summed E-state index contributed by atoms with van der Waals surface area (Å²) in [6, 6.07) is 11.0. The molecular weight excluding hydrogens is 348 g/mol. The quantitative estimate of drug-likeness (QED) is 0.818. The first-order valence-electron chi connectivity index (χ1n) is 8.84. The van der Waals surface area contributed by atoms with E-state index in [9.17, 15) is 13.2 Å². The van der Waals surface area contributed by atoms with Crippen LogP contribution in [0.3, 0.4) is 0 Å². The third-order valence-electron chi connectivity index (χ3n) is 4.82. The fourth-order valence-corrected chi connectivity index (χ4v) is 4.25. The van der Waals surface area contributed by atoms with Gasteiger partial charge >= 0.3 is 0 Å². The highest BCUT2D eigenvalue weighted by molar-refractivity contribution is 7.89. The molecule has 1 aliphatic rings. The SMILES string of the molecule is Cc1ccc(S(=O)(=O)NCCC(=O)Nc2ccc3c(c2)CCC3)cc1C. The summed E-state index contributed by atoms with van der Waals surface area (Å²) in [6.07, 6.45) is 3.40. The fourth-order valence-electron chi connectivity index (χ4n) is 3.14. The summed E-state index contributed by atoms with van der Waals surface area (Å²) in [6.45, 7) is 3.87. The maximum Gasteiger partial charge on any atom is 0.240 e. The van der Waals surface area contributed by atoms with Gasteiger partial charge in [0.1, 0.15) is 0 Å². The van der Waals surface area contributed by atoms with Gasteiger partial charge in [-0.2, -0.15) is 0 Å². The minimum Gasteiger partial charge on any atom is -0.326 e. The molecule has 2 N–H and O–H groups in total. The lowest BCUT2D eigenvalue weighted by Gasteiger charge is -2.10. The molecule has 0 saturated heterocycles. The molecule has 0 aromatic heterocycles. The molecule has 3 rings (SSSR count). The molecule has 26 heavy (non-hydrogen) atoms. The first kappa shape index (κ1) is 18.6. The number of sulfonamides is 1. The maximum absolute atomic E-state index is 12.3. The molecule has 0 saturated carbocycles. The van der Waals surface area contributed by atoms with Gasteiger partial charge in [0.15, 0.2) is 0 Å². The van der Waals surface area contributed by atoms with Crippen molar-refractivity contribution in [3.05, 3.63) is 58.7 Å². The summed E-state index contributed by atoms with van der Waals surface area (Å²) in [4.78, 5) is 12.3. The Balaban J connectivity index is 1.53. The van der Waals surface area contributed by atoms with Crippen molar-refractivity contribution < 1.29 is 13.2 Å². The molecule has 0 fully saturated rings. The number of anilines is 1. The lowest BCUT2D eigenvalue weighted by atomic mass is 10.1. The number of amides is 1. The number of fused-ring (bicyclic) bond motifs is 1. The van der Waals surface area contributed by atoms with E-state index < -0.39 is 10.0 Å². The number of rotatable bonds is 6. The van der Waals surface area contributed by atoms with Crippen LogP contribution in [0.5, 0.6) is 0 Å². The second kappa shape index (κ2) is 7.60. The molecule has 1 aliphatic carbocycles. The number of hydrogen-bond acceptors (Lipinski definition) is 3. The van der Waals surface area contributed by atoms with Crippen LogP contribution < -0.4 is 10.0 Å². The summed E-state index contributed by atoms with van der Waals surface area (Å²) in [5, 5.41) is 2.84. The maximum atomic E-state index is 12.3. The number of benzene rings is 2. The second-order valence-electron chi connectivity index (χ2n) is 6.78. The standard InChI is InChI=1S/C20H24N2O3S/c1-14-6-9-19(12-15(14)2)26(24,25)21-11-10-20(23)22-18-8-7-16-4-3-5-17(16)13-18/h6-9,12-13,21H,3-5,10-11H2,1-2H3,(H,22,23). The van der Waals surface area contributed by atoms with Crippen LogP contribution in [-0.2, 0) is 27.7 Å². The van der Waals surface area contributed by atoms with Crippen molar-refractivity contribution in [1.82, 2.24) is 4.72 Å². The number of nitrogens with one attached hydrogen (secondary N) is 2. The highest BCUT2D eigenvalue weighted by Crippen LogP contribution is 2.24. The van der Waals surface area contributed by atoms with Gasteiger partial charge in [0, 0.05) is 18.7 Å². The first-order chi connectivity index (χ1) is 12.3. The summed E-state index contributed by atoms with van der Waals surface area (Å²) < 4.78 is 27.1. The monoisotopic (exact) mass is 372 g/mol. The molecule has 2 aromatic carbocycles. The van der Waals surface area contributed by atoms with Gasteiger partial charge in [-0.25, -0.2) is 13.1 Å². The molecule has 0 unspecified atom stereocenters. The molecule has 0 aliphatic heterocycles. The van der Waals surface area contributed by atoms with E-state index in [-0.39, 0.29) is 23.8 Å². The van der Waals surface area contributed by atoms with Gasteiger partial charge in [-0.15, -0.1) is 0 Å². The molecule has 0 bridgehead atoms. The van der Waals surface area contributed by atoms with Crippen molar-refractivity contribution in [3.63, 3.8) is 0 Å². The van der Waals surface area contributed by atoms with Crippen molar-refractivity contribution in [2.45, 2.75) is 44.4 Å². The Bertz CT molecular complexity index is 936. The Morgan fingerprint density at radius 2 is 1.77 bits per heavy atom. The van der Waals surface area contributed by atoms with Crippen molar-refractivity contribution in [2.75, 3.05) is 11.9 Å². The molecule has 138 valence electrons. The van der Waals surface area contributed by atoms with Crippen LogP contribution in [0, 0.1) is 13.8 Å². The second-order valence-corrected chi connectivity index (χ2v) is 8.55. The first-order valence-corrected chi connectivity index (χ1v) is 10.3. The molecule has 6 heteroatoms. The van der Waals surface area contributed by atoms with Crippen LogP contribution in [0.4, 0.5) is 5.69 Å². The minimum atomic E-state index is -3.61. The Morgan fingerprint density at radius 1 is 1.00 bits per heavy atom. The third-order valence-corrected chi connectivity index (χ3v) is 6.27. The predicted molar refractivity (Wildman–Crippen MR) is 103 cm³/mol. The predicted octanol–water partition coefficient (Wildman–Crippen LogP) is 3.10. The smallest absolute Gasteiger partial charge is 0.240 e. The largest absolute Gasteiger partial charge is 0.326 e. The average molecular weight is 372 g/mol. The third kappa shape index (κ3) is 4.31. The number of hydrogen-bond donors (Lipinski definition) is 2. The van der Waals surface area contributed by atoms with Crippen molar-refractivity contribution in [2.24, 2.45) is 0 Å². The highest BCUT2D eigenvalue weighted by atomic mass is 32.2. The lowest BCUT2D eigenvalue weighted by molar-refractivity contribution is -0.116. The Kier molecular flexibility index (Phi) is 5.44. The molecule has 0 heterocycles. The van der Waals surface area contributed by atoms with Gasteiger partial charge in [0.05, 0.1) is 4.90 Å². The van der Waals surface area contributed by atoms with E-state index in [1.54, 1.807) is 18.2 Å². The van der Waals surface area contributed by atoms with Crippen LogP contribution in [-0.4, -0.2) is 20.9 Å². The van der Waals surface area contributed by atoms with Crippen molar-refractivity contribution >= 4 is 21.6 Å². The lowest BCUT2D eigenvalue weighted by Crippen LogP contribution is -2.28. The van der Waals surface area contributed by atoms with Gasteiger partial charge in [-0.05, 0) is 79.6 Å². The molecule has 0 atom stereocenters. The van der Waals surface area contributed by atoms with E-state index in [0.29, 0.717) is 0 Å². The normalized spacial score (nSPS) is 13.5. The van der Waals surface area contributed by atoms with Gasteiger partial charge in [-0.3, -0.25) is 4.79 Å². The zero-order valence-corrected chi connectivity index (χ0v) is 15.9. The zero-order valence-electron chi connectivity index (χ0n) is 15.1. The molecule has 0 spiro atoms. The van der Waals surface area contributed by atoms with E-state index >= 15 is 0 Å². The van der Waals surface area contributed by atoms with E-state index in [4.69, 9.17) is 0 Å². The van der Waals surface area contributed by atoms with Crippen LogP contribution >= 0.6 is 0 Å². The van der Waals surface area contributed by atoms with Crippen LogP contribution in [0.2, 0.25) is 0 Å². The number of aryl methyl sites for hydroxylation is 4. The Morgan fingerprint density at radius 3 is 2.54 bits per heavy atom. The summed E-state index contributed by atoms with van der Waals surface area (Å²) in [5.41, 5.74) is 5.37. The highest BCUT2D eigenvalue weighted by Gasteiger charge is 2.15.